The number of rotatable bonds is 5. The topological polar surface area (TPSA) is 109 Å². The van der Waals surface area contributed by atoms with Gasteiger partial charge in [0.05, 0.1) is 11.4 Å². The number of urea groups is 1. The molecule has 0 atom stereocenters. The molecule has 1 aliphatic heterocycles. The summed E-state index contributed by atoms with van der Waals surface area (Å²) in [5.74, 6) is -0.513. The second-order valence-corrected chi connectivity index (χ2v) is 7.89. The summed E-state index contributed by atoms with van der Waals surface area (Å²) in [6.45, 7) is 0.0465. The maximum atomic E-state index is 12.7. The molecular formula is C18H19BrN6O3. The van der Waals surface area contributed by atoms with E-state index in [1.807, 2.05) is 6.07 Å². The molecule has 1 saturated carbocycles. The smallest absolute Gasteiger partial charge is 0.324 e. The molecule has 146 valence electrons. The summed E-state index contributed by atoms with van der Waals surface area (Å²) in [6.07, 6.45) is 6.14. The van der Waals surface area contributed by atoms with Gasteiger partial charge in [0.1, 0.15) is 18.2 Å². The minimum atomic E-state index is -0.752. The molecule has 0 radical (unpaired) electrons. The number of benzene rings is 1. The van der Waals surface area contributed by atoms with Crippen molar-refractivity contribution in [2.45, 2.75) is 37.6 Å². The third-order valence-corrected chi connectivity index (χ3v) is 5.66. The van der Waals surface area contributed by atoms with E-state index in [9.17, 15) is 14.4 Å². The number of anilines is 1. The molecule has 2 heterocycles. The van der Waals surface area contributed by atoms with Crippen LogP contribution in [0.3, 0.4) is 0 Å². The molecule has 0 bridgehead atoms. The predicted molar refractivity (Wildman–Crippen MR) is 104 cm³/mol. The highest BCUT2D eigenvalue weighted by Gasteiger charge is 2.52. The van der Waals surface area contributed by atoms with Gasteiger partial charge < -0.3 is 10.6 Å². The molecule has 2 N–H and O–H groups in total. The van der Waals surface area contributed by atoms with Crippen LogP contribution in [-0.4, -0.2) is 49.6 Å². The Morgan fingerprint density at radius 2 is 2.07 bits per heavy atom. The fourth-order valence-electron chi connectivity index (χ4n) is 3.76. The Balaban J connectivity index is 1.42. The normalized spacial score (nSPS) is 18.0. The molecule has 10 heteroatoms. The molecule has 2 aromatic rings. The maximum absolute atomic E-state index is 12.7. The van der Waals surface area contributed by atoms with Gasteiger partial charge in [0, 0.05) is 17.4 Å². The molecule has 1 aromatic carbocycles. The van der Waals surface area contributed by atoms with E-state index in [1.54, 1.807) is 16.8 Å². The van der Waals surface area contributed by atoms with Crippen LogP contribution < -0.4 is 10.6 Å². The summed E-state index contributed by atoms with van der Waals surface area (Å²) < 4.78 is 2.34. The van der Waals surface area contributed by atoms with Gasteiger partial charge in [-0.15, -0.1) is 0 Å². The highest BCUT2D eigenvalue weighted by Crippen LogP contribution is 2.35. The summed E-state index contributed by atoms with van der Waals surface area (Å²) >= 11 is 3.39. The second kappa shape index (κ2) is 7.34. The molecule has 1 aromatic heterocycles. The van der Waals surface area contributed by atoms with E-state index >= 15 is 0 Å². The Hall–Kier alpha value is -2.75. The standard InChI is InChI=1S/C18H19BrN6O3/c19-12-3-4-14(25-11-20-10-21-25)13(9-12)22-15(26)5-8-24-16(27)18(23-17(24)28)6-1-2-7-18/h3-4,9-11H,1-2,5-8H2,(H,22,26)(H,23,28). The molecule has 2 aliphatic rings. The second-order valence-electron chi connectivity index (χ2n) is 6.98. The number of nitrogens with zero attached hydrogens (tertiary/aromatic N) is 4. The van der Waals surface area contributed by atoms with Crippen molar-refractivity contribution in [1.82, 2.24) is 25.0 Å². The highest BCUT2D eigenvalue weighted by atomic mass is 79.9. The van der Waals surface area contributed by atoms with Gasteiger partial charge in [-0.05, 0) is 31.0 Å². The van der Waals surface area contributed by atoms with Gasteiger partial charge in [-0.1, -0.05) is 28.8 Å². The lowest BCUT2D eigenvalue weighted by molar-refractivity contribution is -0.131. The minimum Gasteiger partial charge on any atom is -0.324 e. The summed E-state index contributed by atoms with van der Waals surface area (Å²) in [7, 11) is 0. The van der Waals surface area contributed by atoms with Crippen molar-refractivity contribution in [3.8, 4) is 5.69 Å². The Labute approximate surface area is 169 Å². The molecule has 1 aliphatic carbocycles. The van der Waals surface area contributed by atoms with Gasteiger partial charge in [-0.2, -0.15) is 5.10 Å². The SMILES string of the molecule is O=C(CCN1C(=O)NC2(CCCC2)C1=O)Nc1cc(Br)ccc1-n1cncn1. The largest absolute Gasteiger partial charge is 0.325 e. The van der Waals surface area contributed by atoms with Gasteiger partial charge in [0.15, 0.2) is 0 Å². The van der Waals surface area contributed by atoms with E-state index in [0.717, 1.165) is 22.2 Å². The van der Waals surface area contributed by atoms with Crippen molar-refractivity contribution >= 4 is 39.5 Å². The molecule has 1 spiro atoms. The molecule has 4 rings (SSSR count). The first kappa shape index (κ1) is 18.6. The number of hydrogen-bond acceptors (Lipinski definition) is 5. The first-order valence-electron chi connectivity index (χ1n) is 9.07. The monoisotopic (exact) mass is 446 g/mol. The van der Waals surface area contributed by atoms with Crippen LogP contribution in [-0.2, 0) is 9.59 Å². The third kappa shape index (κ3) is 3.39. The van der Waals surface area contributed by atoms with E-state index in [1.165, 1.54) is 12.7 Å². The van der Waals surface area contributed by atoms with Gasteiger partial charge in [-0.3, -0.25) is 14.5 Å². The van der Waals surface area contributed by atoms with Crippen LogP contribution in [0.1, 0.15) is 32.1 Å². The van der Waals surface area contributed by atoms with Crippen molar-refractivity contribution in [3.05, 3.63) is 35.3 Å². The van der Waals surface area contributed by atoms with Gasteiger partial charge in [-0.25, -0.2) is 14.5 Å². The van der Waals surface area contributed by atoms with Gasteiger partial charge >= 0.3 is 6.03 Å². The van der Waals surface area contributed by atoms with E-state index in [4.69, 9.17) is 0 Å². The number of carbonyl (C=O) groups excluding carboxylic acids is 3. The fraction of sp³-hybridized carbons (Fsp3) is 0.389. The molecule has 2 fully saturated rings. The van der Waals surface area contributed by atoms with Crippen molar-refractivity contribution in [2.24, 2.45) is 0 Å². The van der Waals surface area contributed by atoms with Crippen molar-refractivity contribution in [1.29, 1.82) is 0 Å². The Bertz CT molecular complexity index is 923. The summed E-state index contributed by atoms with van der Waals surface area (Å²) in [5, 5.41) is 9.73. The molecular weight excluding hydrogens is 428 g/mol. The lowest BCUT2D eigenvalue weighted by atomic mass is 9.98. The number of carbonyl (C=O) groups is 3. The number of nitrogens with one attached hydrogen (secondary N) is 2. The van der Waals surface area contributed by atoms with Crippen molar-refractivity contribution in [3.63, 3.8) is 0 Å². The van der Waals surface area contributed by atoms with Gasteiger partial charge in [0.2, 0.25) is 5.91 Å². The van der Waals surface area contributed by atoms with E-state index < -0.39 is 11.6 Å². The molecule has 28 heavy (non-hydrogen) atoms. The number of halogens is 1. The van der Waals surface area contributed by atoms with Crippen LogP contribution in [0.25, 0.3) is 5.69 Å². The maximum Gasteiger partial charge on any atom is 0.325 e. The fourth-order valence-corrected chi connectivity index (χ4v) is 4.12. The molecule has 1 saturated heterocycles. The molecule has 9 nitrogen and oxygen atoms in total. The zero-order valence-electron chi connectivity index (χ0n) is 15.0. The predicted octanol–water partition coefficient (Wildman–Crippen LogP) is 2.22. The summed E-state index contributed by atoms with van der Waals surface area (Å²) in [6, 6.07) is 4.98. The number of amides is 4. The molecule has 4 amide bonds. The third-order valence-electron chi connectivity index (χ3n) is 5.16. The lowest BCUT2D eigenvalue weighted by Crippen LogP contribution is -2.44. The van der Waals surface area contributed by atoms with Crippen LogP contribution in [0.5, 0.6) is 0 Å². The lowest BCUT2D eigenvalue weighted by Gasteiger charge is -2.20. The number of aromatic nitrogens is 3. The molecule has 0 unspecified atom stereocenters. The van der Waals surface area contributed by atoms with E-state index in [0.29, 0.717) is 24.2 Å². The Kier molecular flexibility index (Phi) is 4.88. The zero-order valence-corrected chi connectivity index (χ0v) is 16.6. The summed E-state index contributed by atoms with van der Waals surface area (Å²) in [4.78, 5) is 42.4. The zero-order chi connectivity index (χ0) is 19.7. The van der Waals surface area contributed by atoms with E-state index in [-0.39, 0.29) is 24.8 Å². The Morgan fingerprint density at radius 1 is 1.29 bits per heavy atom. The minimum absolute atomic E-state index is 0.0125. The van der Waals surface area contributed by atoms with Crippen LogP contribution >= 0.6 is 15.9 Å². The summed E-state index contributed by atoms with van der Waals surface area (Å²) in [5.41, 5.74) is 0.460. The van der Waals surface area contributed by atoms with E-state index in [2.05, 4.69) is 36.6 Å². The van der Waals surface area contributed by atoms with Crippen molar-refractivity contribution < 1.29 is 14.4 Å². The van der Waals surface area contributed by atoms with Crippen molar-refractivity contribution in [2.75, 3.05) is 11.9 Å². The highest BCUT2D eigenvalue weighted by molar-refractivity contribution is 9.10. The average Bonchev–Trinajstić information content (AvgIpc) is 3.38. The average molecular weight is 447 g/mol. The number of imide groups is 1. The first-order chi connectivity index (χ1) is 13.5. The van der Waals surface area contributed by atoms with Crippen LogP contribution in [0.4, 0.5) is 10.5 Å². The quantitative estimate of drug-likeness (QED) is 0.684. The van der Waals surface area contributed by atoms with Crippen LogP contribution in [0.2, 0.25) is 0 Å². The Morgan fingerprint density at radius 3 is 2.79 bits per heavy atom. The first-order valence-corrected chi connectivity index (χ1v) is 9.86. The van der Waals surface area contributed by atoms with Crippen LogP contribution in [0.15, 0.2) is 35.3 Å². The number of hydrogen-bond donors (Lipinski definition) is 2. The van der Waals surface area contributed by atoms with Gasteiger partial charge in [0.25, 0.3) is 5.91 Å². The van der Waals surface area contributed by atoms with Crippen LogP contribution in [0, 0.1) is 0 Å².